The summed E-state index contributed by atoms with van der Waals surface area (Å²) in [4.78, 5) is 12.2. The molecule has 1 unspecified atom stereocenters. The van der Waals surface area contributed by atoms with Crippen LogP contribution < -0.4 is 5.32 Å². The van der Waals surface area contributed by atoms with Gasteiger partial charge in [0, 0.05) is 13.0 Å². The molecule has 0 saturated heterocycles. The summed E-state index contributed by atoms with van der Waals surface area (Å²) in [6.45, 7) is 0.0493. The molecule has 0 aromatic heterocycles. The summed E-state index contributed by atoms with van der Waals surface area (Å²) in [6, 6.07) is 13.2. The van der Waals surface area contributed by atoms with Crippen molar-refractivity contribution in [1.29, 1.82) is 0 Å². The highest BCUT2D eigenvalue weighted by molar-refractivity contribution is 5.76. The molecular weight excluding hydrogens is 312 g/mol. The van der Waals surface area contributed by atoms with Crippen LogP contribution in [0.4, 0.5) is 8.78 Å². The van der Waals surface area contributed by atoms with E-state index in [-0.39, 0.29) is 37.0 Å². The molecule has 0 saturated carbocycles. The van der Waals surface area contributed by atoms with E-state index in [4.69, 9.17) is 5.11 Å². The molecule has 1 atom stereocenters. The number of hydrogen-bond donors (Lipinski definition) is 2. The molecule has 2 N–H and O–H groups in total. The number of aryl methyl sites for hydroxylation is 1. The molecule has 0 aliphatic rings. The molecule has 0 heterocycles. The predicted molar refractivity (Wildman–Crippen MR) is 88.3 cm³/mol. The Kier molecular flexibility index (Phi) is 6.88. The van der Waals surface area contributed by atoms with Crippen LogP contribution in [0.3, 0.4) is 0 Å². The van der Waals surface area contributed by atoms with Crippen molar-refractivity contribution in [3.8, 4) is 0 Å². The minimum atomic E-state index is -0.905. The zero-order chi connectivity index (χ0) is 17.4. The zero-order valence-corrected chi connectivity index (χ0v) is 13.3. The van der Waals surface area contributed by atoms with Gasteiger partial charge in [-0.25, -0.2) is 8.78 Å². The maximum absolute atomic E-state index is 13.6. The molecule has 0 aliphatic carbocycles. The topological polar surface area (TPSA) is 49.3 Å². The number of halogens is 2. The van der Waals surface area contributed by atoms with Crippen LogP contribution in [-0.4, -0.2) is 17.6 Å². The lowest BCUT2D eigenvalue weighted by Gasteiger charge is -2.19. The van der Waals surface area contributed by atoms with Gasteiger partial charge in [0.1, 0.15) is 0 Å². The Hall–Kier alpha value is -2.27. The van der Waals surface area contributed by atoms with E-state index in [0.717, 1.165) is 11.6 Å². The normalized spacial score (nSPS) is 12.0. The minimum Gasteiger partial charge on any atom is -0.396 e. The van der Waals surface area contributed by atoms with E-state index in [1.165, 1.54) is 12.1 Å². The van der Waals surface area contributed by atoms with Crippen molar-refractivity contribution in [2.75, 3.05) is 6.61 Å². The molecule has 0 fully saturated rings. The van der Waals surface area contributed by atoms with Gasteiger partial charge in [-0.15, -0.1) is 0 Å². The molecule has 2 rings (SSSR count). The lowest BCUT2D eigenvalue weighted by atomic mass is 10.0. The second kappa shape index (κ2) is 9.13. The van der Waals surface area contributed by atoms with Crippen LogP contribution in [0, 0.1) is 11.6 Å². The lowest BCUT2D eigenvalue weighted by Crippen LogP contribution is -2.29. The molecule has 24 heavy (non-hydrogen) atoms. The van der Waals surface area contributed by atoms with E-state index in [1.54, 1.807) is 0 Å². The molecule has 128 valence electrons. The summed E-state index contributed by atoms with van der Waals surface area (Å²) in [5.41, 5.74) is 1.15. The predicted octanol–water partition coefficient (Wildman–Crippen LogP) is 3.53. The number of amides is 1. The number of aliphatic hydroxyl groups is 1. The fourth-order valence-electron chi connectivity index (χ4n) is 2.56. The fraction of sp³-hybridized carbons (Fsp3) is 0.316. The van der Waals surface area contributed by atoms with Gasteiger partial charge in [-0.3, -0.25) is 4.79 Å². The maximum Gasteiger partial charge on any atom is 0.220 e. The van der Waals surface area contributed by atoms with Crippen molar-refractivity contribution in [2.45, 2.75) is 31.7 Å². The van der Waals surface area contributed by atoms with Gasteiger partial charge in [-0.05, 0) is 36.5 Å². The first-order chi connectivity index (χ1) is 11.6. The number of hydrogen-bond acceptors (Lipinski definition) is 2. The molecule has 5 heteroatoms. The second-order valence-electron chi connectivity index (χ2n) is 5.61. The van der Waals surface area contributed by atoms with Crippen molar-refractivity contribution >= 4 is 5.91 Å². The highest BCUT2D eigenvalue weighted by Crippen LogP contribution is 2.19. The molecule has 0 bridgehead atoms. The number of carbonyl (C=O) groups is 1. The quantitative estimate of drug-likeness (QED) is 0.776. The highest BCUT2D eigenvalue weighted by atomic mass is 19.2. The first kappa shape index (κ1) is 18.1. The first-order valence-electron chi connectivity index (χ1n) is 8.00. The van der Waals surface area contributed by atoms with E-state index in [9.17, 15) is 13.6 Å². The molecular formula is C19H21F2NO2. The summed E-state index contributed by atoms with van der Waals surface area (Å²) < 4.78 is 26.8. The Balaban J connectivity index is 1.96. The van der Waals surface area contributed by atoms with Crippen LogP contribution in [0.5, 0.6) is 0 Å². The van der Waals surface area contributed by atoms with Crippen molar-refractivity contribution < 1.29 is 18.7 Å². The van der Waals surface area contributed by atoms with Gasteiger partial charge in [-0.2, -0.15) is 0 Å². The molecule has 3 nitrogen and oxygen atoms in total. The van der Waals surface area contributed by atoms with E-state index < -0.39 is 11.6 Å². The molecule has 2 aromatic rings. The maximum atomic E-state index is 13.6. The van der Waals surface area contributed by atoms with E-state index >= 15 is 0 Å². The Morgan fingerprint density at radius 1 is 1.08 bits per heavy atom. The summed E-state index contributed by atoms with van der Waals surface area (Å²) in [5, 5.41) is 11.9. The summed E-state index contributed by atoms with van der Waals surface area (Å²) in [5.74, 6) is -2.03. The van der Waals surface area contributed by atoms with Gasteiger partial charge >= 0.3 is 0 Å². The SMILES string of the molecule is O=C(CCc1cccc(F)c1F)NC(CCCO)c1ccccc1. The molecule has 0 spiro atoms. The largest absolute Gasteiger partial charge is 0.396 e. The number of benzene rings is 2. The number of carbonyl (C=O) groups excluding carboxylic acids is 1. The van der Waals surface area contributed by atoms with Crippen molar-refractivity contribution in [2.24, 2.45) is 0 Å². The summed E-state index contributed by atoms with van der Waals surface area (Å²) >= 11 is 0. The van der Waals surface area contributed by atoms with E-state index in [1.807, 2.05) is 30.3 Å². The van der Waals surface area contributed by atoms with Gasteiger partial charge in [0.05, 0.1) is 6.04 Å². The summed E-state index contributed by atoms with van der Waals surface area (Å²) in [7, 11) is 0. The Morgan fingerprint density at radius 2 is 1.83 bits per heavy atom. The van der Waals surface area contributed by atoms with Crippen LogP contribution in [0.25, 0.3) is 0 Å². The van der Waals surface area contributed by atoms with Gasteiger partial charge in [0.15, 0.2) is 11.6 Å². The number of aliphatic hydroxyl groups excluding tert-OH is 1. The van der Waals surface area contributed by atoms with Crippen LogP contribution in [0.2, 0.25) is 0 Å². The smallest absolute Gasteiger partial charge is 0.220 e. The summed E-state index contributed by atoms with van der Waals surface area (Å²) in [6.07, 6.45) is 1.39. The Morgan fingerprint density at radius 3 is 2.54 bits per heavy atom. The Bertz CT molecular complexity index is 662. The molecule has 0 radical (unpaired) electrons. The Labute approximate surface area is 140 Å². The zero-order valence-electron chi connectivity index (χ0n) is 13.3. The number of nitrogens with one attached hydrogen (secondary N) is 1. The lowest BCUT2D eigenvalue weighted by molar-refractivity contribution is -0.121. The van der Waals surface area contributed by atoms with Gasteiger partial charge in [-0.1, -0.05) is 42.5 Å². The van der Waals surface area contributed by atoms with E-state index in [0.29, 0.717) is 12.8 Å². The highest BCUT2D eigenvalue weighted by Gasteiger charge is 2.15. The molecule has 2 aromatic carbocycles. The van der Waals surface area contributed by atoms with Crippen molar-refractivity contribution in [3.05, 3.63) is 71.3 Å². The average molecular weight is 333 g/mol. The molecule has 0 aliphatic heterocycles. The standard InChI is InChI=1S/C19H21F2NO2/c20-16-9-4-8-15(19(16)21)11-12-18(24)22-17(10-5-13-23)14-6-2-1-3-7-14/h1-4,6-9,17,23H,5,10-13H2,(H,22,24). The monoisotopic (exact) mass is 333 g/mol. The second-order valence-corrected chi connectivity index (χ2v) is 5.61. The van der Waals surface area contributed by atoms with E-state index in [2.05, 4.69) is 5.32 Å². The van der Waals surface area contributed by atoms with Gasteiger partial charge in [0.2, 0.25) is 5.91 Å². The average Bonchev–Trinajstić information content (AvgIpc) is 2.60. The third kappa shape index (κ3) is 5.13. The minimum absolute atomic E-state index is 0.0493. The fourth-order valence-corrected chi connectivity index (χ4v) is 2.56. The van der Waals surface area contributed by atoms with Crippen LogP contribution in [-0.2, 0) is 11.2 Å². The van der Waals surface area contributed by atoms with Crippen LogP contribution in [0.1, 0.15) is 36.4 Å². The third-order valence-electron chi connectivity index (χ3n) is 3.84. The first-order valence-corrected chi connectivity index (χ1v) is 8.00. The third-order valence-corrected chi connectivity index (χ3v) is 3.84. The van der Waals surface area contributed by atoms with Crippen molar-refractivity contribution in [1.82, 2.24) is 5.32 Å². The van der Waals surface area contributed by atoms with Crippen molar-refractivity contribution in [3.63, 3.8) is 0 Å². The van der Waals surface area contributed by atoms with Crippen LogP contribution in [0.15, 0.2) is 48.5 Å². The van der Waals surface area contributed by atoms with Gasteiger partial charge in [0.25, 0.3) is 0 Å². The van der Waals surface area contributed by atoms with Crippen LogP contribution >= 0.6 is 0 Å². The van der Waals surface area contributed by atoms with Gasteiger partial charge < -0.3 is 10.4 Å². The molecule has 1 amide bonds. The number of rotatable bonds is 8.